The third-order valence-corrected chi connectivity index (χ3v) is 4.75. The Labute approximate surface area is 162 Å². The molecule has 1 aromatic carbocycles. The lowest BCUT2D eigenvalue weighted by atomic mass is 9.71. The van der Waals surface area contributed by atoms with Gasteiger partial charge in [0.2, 0.25) is 0 Å². The van der Waals surface area contributed by atoms with E-state index in [2.05, 4.69) is 0 Å². The van der Waals surface area contributed by atoms with Crippen molar-refractivity contribution < 1.29 is 39.7 Å². The van der Waals surface area contributed by atoms with Gasteiger partial charge in [-0.1, -0.05) is 13.0 Å². The van der Waals surface area contributed by atoms with Gasteiger partial charge < -0.3 is 35.8 Å². The summed E-state index contributed by atoms with van der Waals surface area (Å²) in [5.74, 6) is -3.58. The molecule has 1 aliphatic heterocycles. The van der Waals surface area contributed by atoms with Gasteiger partial charge in [-0.25, -0.2) is 4.79 Å². The van der Waals surface area contributed by atoms with Crippen LogP contribution in [0.1, 0.15) is 29.8 Å². The van der Waals surface area contributed by atoms with E-state index in [0.29, 0.717) is 13.1 Å². The molecule has 0 spiro atoms. The molecule has 0 aromatic heterocycles. The molecule has 0 radical (unpaired) electrons. The van der Waals surface area contributed by atoms with E-state index in [1.807, 2.05) is 0 Å². The van der Waals surface area contributed by atoms with E-state index < -0.39 is 41.7 Å². The van der Waals surface area contributed by atoms with Crippen molar-refractivity contribution >= 4 is 19.1 Å². The highest BCUT2D eigenvalue weighted by Crippen LogP contribution is 2.35. The van der Waals surface area contributed by atoms with Crippen molar-refractivity contribution in [3.63, 3.8) is 0 Å². The number of carbonyl (C=O) groups is 2. The Bertz CT molecular complexity index is 749. The fraction of sp³-hybridized carbons (Fsp3) is 0.529. The highest BCUT2D eigenvalue weighted by molar-refractivity contribution is 6.43. The molecule has 1 fully saturated rings. The Morgan fingerprint density at radius 1 is 1.36 bits per heavy atom. The Morgan fingerprint density at radius 3 is 2.46 bits per heavy atom. The number of ether oxygens (including phenoxy) is 1. The van der Waals surface area contributed by atoms with Crippen LogP contribution in [-0.2, 0) is 11.2 Å². The molecule has 0 amide bonds. The molecular weight excluding hydrogens is 371 g/mol. The van der Waals surface area contributed by atoms with E-state index in [9.17, 15) is 29.9 Å². The van der Waals surface area contributed by atoms with Crippen LogP contribution in [0.25, 0.3) is 0 Å². The Hall–Kier alpha value is -2.34. The summed E-state index contributed by atoms with van der Waals surface area (Å²) in [6.45, 7) is 3.83. The highest BCUT2D eigenvalue weighted by atomic mass is 16.5. The van der Waals surface area contributed by atoms with Crippen molar-refractivity contribution in [3.05, 3.63) is 23.3 Å². The molecule has 10 nitrogen and oxygen atoms in total. The van der Waals surface area contributed by atoms with Crippen LogP contribution in [0, 0.1) is 0 Å². The molecule has 1 heterocycles. The fourth-order valence-corrected chi connectivity index (χ4v) is 2.98. The van der Waals surface area contributed by atoms with Crippen LogP contribution < -0.4 is 10.5 Å². The van der Waals surface area contributed by atoms with E-state index in [4.69, 9.17) is 15.6 Å². The number of likely N-dealkylation sites (tertiary alicyclic amines) is 1. The maximum Gasteiger partial charge on any atom is 0.454 e. The summed E-state index contributed by atoms with van der Waals surface area (Å²) in [5.41, 5.74) is 4.17. The van der Waals surface area contributed by atoms with Crippen LogP contribution in [-0.4, -0.2) is 80.6 Å². The largest absolute Gasteiger partial charge is 0.507 e. The molecule has 2 rings (SSSR count). The van der Waals surface area contributed by atoms with Crippen LogP contribution in [0.15, 0.2) is 12.1 Å². The van der Waals surface area contributed by atoms with Crippen LogP contribution >= 0.6 is 0 Å². The smallest absolute Gasteiger partial charge is 0.454 e. The second kappa shape index (κ2) is 8.35. The number of benzene rings is 1. The Balaban J connectivity index is 2.08. The lowest BCUT2D eigenvalue weighted by Crippen LogP contribution is -2.62. The average molecular weight is 396 g/mol. The van der Waals surface area contributed by atoms with E-state index in [1.165, 1.54) is 19.1 Å². The third-order valence-electron chi connectivity index (χ3n) is 4.75. The second-order valence-electron chi connectivity index (χ2n) is 7.50. The first-order chi connectivity index (χ1) is 12.9. The van der Waals surface area contributed by atoms with Crippen molar-refractivity contribution in [3.8, 4) is 11.5 Å². The Morgan fingerprint density at radius 2 is 1.96 bits per heavy atom. The molecule has 0 aliphatic carbocycles. The molecule has 2 atom stereocenters. The number of hydrogen-bond acceptors (Lipinski definition) is 8. The number of rotatable bonds is 9. The van der Waals surface area contributed by atoms with Gasteiger partial charge in [0.25, 0.3) is 0 Å². The van der Waals surface area contributed by atoms with E-state index in [-0.39, 0.29) is 30.4 Å². The van der Waals surface area contributed by atoms with Gasteiger partial charge in [0.05, 0.1) is 0 Å². The summed E-state index contributed by atoms with van der Waals surface area (Å²) < 4.78 is 5.67. The van der Waals surface area contributed by atoms with Crippen LogP contribution in [0.3, 0.4) is 0 Å². The van der Waals surface area contributed by atoms with E-state index in [0.717, 1.165) is 0 Å². The number of carboxylic acids is 2. The minimum absolute atomic E-state index is 0.00987. The van der Waals surface area contributed by atoms with Crippen molar-refractivity contribution in [2.24, 2.45) is 5.73 Å². The first kappa shape index (κ1) is 22.0. The molecule has 0 saturated carbocycles. The summed E-state index contributed by atoms with van der Waals surface area (Å²) in [6, 6.07) is 2.90. The molecule has 7 N–H and O–H groups in total. The van der Waals surface area contributed by atoms with Crippen molar-refractivity contribution in [2.45, 2.75) is 37.7 Å². The fourth-order valence-electron chi connectivity index (χ4n) is 2.98. The number of phenols is 1. The monoisotopic (exact) mass is 396 g/mol. The number of hydrogen-bond donors (Lipinski definition) is 6. The van der Waals surface area contributed by atoms with Crippen molar-refractivity contribution in [1.82, 2.24) is 4.90 Å². The molecule has 1 aromatic rings. The van der Waals surface area contributed by atoms with Crippen LogP contribution in [0.5, 0.6) is 11.5 Å². The lowest BCUT2D eigenvalue weighted by Gasteiger charge is -2.41. The summed E-state index contributed by atoms with van der Waals surface area (Å²) in [7, 11) is -1.59. The van der Waals surface area contributed by atoms with Crippen molar-refractivity contribution in [2.75, 3.05) is 19.6 Å². The summed E-state index contributed by atoms with van der Waals surface area (Å²) in [5, 5.41) is 47.2. The first-order valence-electron chi connectivity index (χ1n) is 8.78. The number of aromatic hydroxyl groups is 1. The van der Waals surface area contributed by atoms with Gasteiger partial charge in [0, 0.05) is 19.6 Å². The van der Waals surface area contributed by atoms with Crippen molar-refractivity contribution in [1.29, 1.82) is 0 Å². The zero-order chi connectivity index (χ0) is 21.2. The van der Waals surface area contributed by atoms with Crippen LogP contribution in [0.2, 0.25) is 5.82 Å². The number of carboxylic acid groups (broad SMARTS) is 2. The number of nitrogens with two attached hydrogens (primary N) is 1. The van der Waals surface area contributed by atoms with Gasteiger partial charge in [-0.15, -0.1) is 0 Å². The third kappa shape index (κ3) is 4.93. The highest BCUT2D eigenvalue weighted by Gasteiger charge is 2.37. The number of nitrogens with zero attached hydrogens (tertiary/aromatic N) is 1. The first-order valence-corrected chi connectivity index (χ1v) is 8.78. The second-order valence-corrected chi connectivity index (χ2v) is 7.50. The summed E-state index contributed by atoms with van der Waals surface area (Å²) >= 11 is 0. The molecule has 1 saturated heterocycles. The predicted molar refractivity (Wildman–Crippen MR) is 99.5 cm³/mol. The van der Waals surface area contributed by atoms with Gasteiger partial charge in [-0.3, -0.25) is 9.69 Å². The maximum absolute atomic E-state index is 11.6. The molecule has 154 valence electrons. The van der Waals surface area contributed by atoms with Gasteiger partial charge in [-0.05, 0) is 30.8 Å². The Kier molecular flexibility index (Phi) is 6.55. The van der Waals surface area contributed by atoms with Gasteiger partial charge >= 0.3 is 19.1 Å². The van der Waals surface area contributed by atoms with Crippen LogP contribution in [0.4, 0.5) is 0 Å². The molecule has 0 bridgehead atoms. The zero-order valence-corrected chi connectivity index (χ0v) is 15.7. The van der Waals surface area contributed by atoms with Gasteiger partial charge in [0.1, 0.15) is 28.7 Å². The average Bonchev–Trinajstić information content (AvgIpc) is 2.54. The quantitative estimate of drug-likeness (QED) is 0.295. The predicted octanol–water partition coefficient (Wildman–Crippen LogP) is -0.639. The van der Waals surface area contributed by atoms with Gasteiger partial charge in [0.15, 0.2) is 0 Å². The molecule has 28 heavy (non-hydrogen) atoms. The normalized spacial score (nSPS) is 18.0. The van der Waals surface area contributed by atoms with E-state index >= 15 is 0 Å². The molecule has 1 unspecified atom stereocenters. The maximum atomic E-state index is 11.6. The molecular formula is C17H25BN2O8. The lowest BCUT2D eigenvalue weighted by molar-refractivity contribution is -0.144. The number of aliphatic carboxylic acids is 1. The number of aromatic carboxylic acids is 1. The summed E-state index contributed by atoms with van der Waals surface area (Å²) in [6.07, 6.45) is -0.294. The zero-order valence-electron chi connectivity index (χ0n) is 15.7. The topological polar surface area (TPSA) is 174 Å². The minimum Gasteiger partial charge on any atom is -0.507 e. The van der Waals surface area contributed by atoms with Gasteiger partial charge in [-0.2, -0.15) is 0 Å². The molecule has 1 aliphatic rings. The SMILES string of the molecule is C[C@H](Cc1ccc(OC2CN(CC(C)(N)C(=O)O)C2)c(C(=O)O)c1O)B(O)O. The standard InChI is InChI=1S/C17H25BN2O8/c1-9(18(26)27)5-10-3-4-12(13(14(10)21)15(22)23)28-11-6-20(7-11)8-17(2,19)16(24)25/h3-4,9,11,21,26-27H,5-8,19H2,1-2H3,(H,22,23)(H,24,25)/t9-,17?/m1/s1. The van der Waals surface area contributed by atoms with E-state index in [1.54, 1.807) is 11.8 Å². The minimum atomic E-state index is -1.59. The summed E-state index contributed by atoms with van der Waals surface area (Å²) in [4.78, 5) is 24.4. The molecule has 11 heteroatoms.